The molecule has 0 amide bonds. The Morgan fingerprint density at radius 2 is 1.78 bits per heavy atom. The van der Waals surface area contributed by atoms with Crippen LogP contribution in [-0.4, -0.2) is 42.0 Å². The molecule has 0 N–H and O–H groups in total. The summed E-state index contributed by atoms with van der Waals surface area (Å²) in [5.41, 5.74) is 1.70. The first-order valence-corrected chi connectivity index (χ1v) is 12.1. The Hall–Kier alpha value is -3.88. The molecule has 1 saturated heterocycles. The molecule has 3 heterocycles. The summed E-state index contributed by atoms with van der Waals surface area (Å²) in [5.74, 6) is 1.73. The lowest BCUT2D eigenvalue weighted by molar-refractivity contribution is 0.394. The van der Waals surface area contributed by atoms with Crippen LogP contribution in [0, 0.1) is 11.7 Å². The number of pyridine rings is 1. The normalized spacial score (nSPS) is 14.4. The number of benzene rings is 2. The predicted octanol–water partition coefficient (Wildman–Crippen LogP) is 5.13. The van der Waals surface area contributed by atoms with Crippen LogP contribution in [-0.2, 0) is 6.54 Å². The van der Waals surface area contributed by atoms with Crippen LogP contribution in [0.3, 0.4) is 0 Å². The molecule has 0 radical (unpaired) electrons. The van der Waals surface area contributed by atoms with E-state index >= 15 is 4.39 Å². The minimum Gasteiger partial charge on any atom is -0.497 e. The summed E-state index contributed by atoms with van der Waals surface area (Å²) in [6.07, 6.45) is 3.75. The third-order valence-electron chi connectivity index (χ3n) is 6.88. The van der Waals surface area contributed by atoms with Crippen molar-refractivity contribution in [2.24, 2.45) is 5.92 Å². The van der Waals surface area contributed by atoms with Gasteiger partial charge in [0.1, 0.15) is 22.9 Å². The molecule has 1 aliphatic heterocycles. The van der Waals surface area contributed by atoms with Crippen molar-refractivity contribution in [3.05, 3.63) is 52.6 Å². The van der Waals surface area contributed by atoms with Gasteiger partial charge in [-0.05, 0) is 49.9 Å². The molecule has 0 spiro atoms. The van der Waals surface area contributed by atoms with Gasteiger partial charge in [-0.25, -0.2) is 4.39 Å². The van der Waals surface area contributed by atoms with Gasteiger partial charge in [0.2, 0.25) is 11.3 Å². The molecule has 0 atom stereocenters. The fourth-order valence-electron chi connectivity index (χ4n) is 4.69. The quantitative estimate of drug-likeness (QED) is 0.369. The molecule has 0 unspecified atom stereocenters. The lowest BCUT2D eigenvalue weighted by atomic mass is 9.98. The number of methoxy groups -OCH3 is 2. The number of hydrogen-bond donors (Lipinski definition) is 0. The first-order valence-electron chi connectivity index (χ1n) is 12.1. The molecule has 5 rings (SSSR count). The number of nitrogens with zero attached hydrogens (tertiary/aromatic N) is 4. The van der Waals surface area contributed by atoms with Crippen LogP contribution in [0.1, 0.15) is 26.7 Å². The second-order valence-corrected chi connectivity index (χ2v) is 9.17. The smallest absolute Gasteiger partial charge is 0.263 e. The number of hydrogen-bond acceptors (Lipinski definition) is 7. The third kappa shape index (κ3) is 4.29. The summed E-state index contributed by atoms with van der Waals surface area (Å²) >= 11 is 0. The van der Waals surface area contributed by atoms with Crippen LogP contribution in [0.2, 0.25) is 0 Å². The predicted molar refractivity (Wildman–Crippen MR) is 136 cm³/mol. The van der Waals surface area contributed by atoms with E-state index in [0.29, 0.717) is 40.7 Å². The van der Waals surface area contributed by atoms with Crippen LogP contribution in [0.4, 0.5) is 10.1 Å². The fourth-order valence-corrected chi connectivity index (χ4v) is 4.69. The van der Waals surface area contributed by atoms with Crippen molar-refractivity contribution in [1.82, 2.24) is 14.7 Å². The van der Waals surface area contributed by atoms with Gasteiger partial charge in [-0.2, -0.15) is 4.98 Å². The zero-order valence-corrected chi connectivity index (χ0v) is 20.9. The number of fused-ring (bicyclic) bond motifs is 1. The van der Waals surface area contributed by atoms with Crippen LogP contribution < -0.4 is 19.8 Å². The molecule has 0 saturated carbocycles. The van der Waals surface area contributed by atoms with E-state index in [9.17, 15) is 4.79 Å². The highest BCUT2D eigenvalue weighted by Gasteiger charge is 2.23. The van der Waals surface area contributed by atoms with Gasteiger partial charge in [0.25, 0.3) is 5.89 Å². The number of rotatable bonds is 6. The Labute approximate surface area is 208 Å². The summed E-state index contributed by atoms with van der Waals surface area (Å²) in [4.78, 5) is 20.0. The van der Waals surface area contributed by atoms with Crippen LogP contribution >= 0.6 is 0 Å². The number of aryl methyl sites for hydroxylation is 1. The highest BCUT2D eigenvalue weighted by molar-refractivity contribution is 5.86. The van der Waals surface area contributed by atoms with E-state index in [-0.39, 0.29) is 28.1 Å². The van der Waals surface area contributed by atoms with E-state index in [4.69, 9.17) is 14.0 Å². The Bertz CT molecular complexity index is 1450. The standard InChI is InChI=1S/C27H29FN4O4/c1-5-31-15-21(27-29-26(30-36-27)17-10-18(34-3)12-19(11-17)35-4)25(33)20-13-22(28)24(14-23(20)31)32-8-6-16(2)7-9-32/h10-16H,5-9H2,1-4H3. The number of piperidine rings is 1. The minimum atomic E-state index is -0.399. The average Bonchev–Trinajstić information content (AvgIpc) is 3.39. The zero-order valence-electron chi connectivity index (χ0n) is 20.9. The summed E-state index contributed by atoms with van der Waals surface area (Å²) in [5, 5.41) is 4.34. The average molecular weight is 493 g/mol. The molecule has 36 heavy (non-hydrogen) atoms. The van der Waals surface area contributed by atoms with E-state index in [1.807, 2.05) is 11.5 Å². The maximum Gasteiger partial charge on any atom is 0.263 e. The van der Waals surface area contributed by atoms with E-state index < -0.39 is 5.82 Å². The molecule has 0 aliphatic carbocycles. The first-order chi connectivity index (χ1) is 17.4. The van der Waals surface area contributed by atoms with Gasteiger partial charge in [-0.15, -0.1) is 0 Å². The summed E-state index contributed by atoms with van der Waals surface area (Å²) < 4.78 is 33.3. The number of ether oxygens (including phenoxy) is 2. The van der Waals surface area contributed by atoms with Crippen molar-refractivity contribution < 1.29 is 18.4 Å². The van der Waals surface area contributed by atoms with Crippen molar-refractivity contribution in [2.45, 2.75) is 33.2 Å². The fraction of sp³-hybridized carbons (Fsp3) is 0.370. The lowest BCUT2D eigenvalue weighted by Crippen LogP contribution is -2.33. The molecule has 1 aliphatic rings. The number of halogens is 1. The minimum absolute atomic E-state index is 0.0652. The Morgan fingerprint density at radius 1 is 1.08 bits per heavy atom. The van der Waals surface area contributed by atoms with E-state index in [2.05, 4.69) is 22.0 Å². The molecular formula is C27H29FN4O4. The molecule has 1 fully saturated rings. The molecule has 188 valence electrons. The van der Waals surface area contributed by atoms with Gasteiger partial charge >= 0.3 is 0 Å². The second kappa shape index (κ2) is 9.64. The van der Waals surface area contributed by atoms with Crippen molar-refractivity contribution in [3.63, 3.8) is 0 Å². The zero-order chi connectivity index (χ0) is 25.4. The van der Waals surface area contributed by atoms with Gasteiger partial charge < -0.3 is 23.5 Å². The van der Waals surface area contributed by atoms with Gasteiger partial charge in [0.15, 0.2) is 0 Å². The highest BCUT2D eigenvalue weighted by atomic mass is 19.1. The number of anilines is 1. The maximum absolute atomic E-state index is 15.3. The van der Waals surface area contributed by atoms with E-state index in [1.165, 1.54) is 6.07 Å². The van der Waals surface area contributed by atoms with Crippen molar-refractivity contribution in [1.29, 1.82) is 0 Å². The van der Waals surface area contributed by atoms with Crippen molar-refractivity contribution >= 4 is 16.6 Å². The van der Waals surface area contributed by atoms with Crippen molar-refractivity contribution in [2.75, 3.05) is 32.2 Å². The summed E-state index contributed by atoms with van der Waals surface area (Å²) in [6, 6.07) is 8.36. The third-order valence-corrected chi connectivity index (χ3v) is 6.88. The molecule has 4 aromatic rings. The maximum atomic E-state index is 15.3. The van der Waals surface area contributed by atoms with Gasteiger partial charge in [-0.3, -0.25) is 4.79 Å². The van der Waals surface area contributed by atoms with Crippen LogP contribution in [0.25, 0.3) is 33.7 Å². The molecular weight excluding hydrogens is 463 g/mol. The second-order valence-electron chi connectivity index (χ2n) is 9.17. The first kappa shape index (κ1) is 23.8. The summed E-state index contributed by atoms with van der Waals surface area (Å²) in [7, 11) is 3.11. The molecule has 9 heteroatoms. The number of aromatic nitrogens is 3. The molecule has 0 bridgehead atoms. The van der Waals surface area contributed by atoms with Crippen LogP contribution in [0.5, 0.6) is 11.5 Å². The van der Waals surface area contributed by atoms with Crippen LogP contribution in [0.15, 0.2) is 45.8 Å². The molecule has 2 aromatic heterocycles. The van der Waals surface area contributed by atoms with E-state index in [0.717, 1.165) is 25.9 Å². The van der Waals surface area contributed by atoms with Gasteiger partial charge in [0.05, 0.1) is 25.4 Å². The Kier molecular flexibility index (Phi) is 6.38. The monoisotopic (exact) mass is 492 g/mol. The molecule has 8 nitrogen and oxygen atoms in total. The lowest BCUT2D eigenvalue weighted by Gasteiger charge is -2.32. The largest absolute Gasteiger partial charge is 0.497 e. The summed E-state index contributed by atoms with van der Waals surface area (Å²) in [6.45, 7) is 6.38. The van der Waals surface area contributed by atoms with E-state index in [1.54, 1.807) is 44.7 Å². The topological polar surface area (TPSA) is 82.6 Å². The molecule has 2 aromatic carbocycles. The van der Waals surface area contributed by atoms with Gasteiger partial charge in [0, 0.05) is 42.8 Å². The van der Waals surface area contributed by atoms with Crippen molar-refractivity contribution in [3.8, 4) is 34.3 Å². The SMILES string of the molecule is CCn1cc(-c2nc(-c3cc(OC)cc(OC)c3)no2)c(=O)c2cc(F)c(N3CCC(C)CC3)cc21. The van der Waals surface area contributed by atoms with Gasteiger partial charge in [-0.1, -0.05) is 12.1 Å². The highest BCUT2D eigenvalue weighted by Crippen LogP contribution is 2.32. The Balaban J connectivity index is 1.58. The Morgan fingerprint density at radius 3 is 2.42 bits per heavy atom.